The van der Waals surface area contributed by atoms with E-state index in [4.69, 9.17) is 0 Å². The summed E-state index contributed by atoms with van der Waals surface area (Å²) in [5.41, 5.74) is 3.85. The fraction of sp³-hybridized carbons (Fsp3) is 0.167. The van der Waals surface area contributed by atoms with E-state index in [9.17, 15) is 13.2 Å². The maximum atomic E-state index is 13.0. The Bertz CT molecular complexity index is 937. The van der Waals surface area contributed by atoms with Crippen LogP contribution in [0.15, 0.2) is 80.2 Å². The molecule has 0 fully saturated rings. The lowest BCUT2D eigenvalue weighted by Gasteiger charge is -2.15. The molecule has 0 spiro atoms. The molecule has 29 heavy (non-hydrogen) atoms. The third-order valence-electron chi connectivity index (χ3n) is 4.27. The lowest BCUT2D eigenvalue weighted by atomic mass is 9.99. The Balaban J connectivity index is 2.33. The zero-order valence-electron chi connectivity index (χ0n) is 16.6. The second-order valence-corrected chi connectivity index (χ2v) is 6.49. The van der Waals surface area contributed by atoms with Crippen LogP contribution >= 0.6 is 0 Å². The van der Waals surface area contributed by atoms with Gasteiger partial charge in [-0.25, -0.2) is 0 Å². The Morgan fingerprint density at radius 2 is 1.90 bits per heavy atom. The molecule has 2 aromatic carbocycles. The molecule has 0 unspecified atom stereocenters. The van der Waals surface area contributed by atoms with Crippen molar-refractivity contribution in [2.45, 2.75) is 26.4 Å². The molecule has 2 nitrogen and oxygen atoms in total. The minimum absolute atomic E-state index is 0.386. The zero-order valence-corrected chi connectivity index (χ0v) is 16.6. The van der Waals surface area contributed by atoms with E-state index in [1.54, 1.807) is 12.3 Å². The van der Waals surface area contributed by atoms with Gasteiger partial charge in [0.15, 0.2) is 0 Å². The molecule has 0 aliphatic rings. The van der Waals surface area contributed by atoms with E-state index in [1.165, 1.54) is 6.07 Å². The van der Waals surface area contributed by atoms with E-state index < -0.39 is 11.7 Å². The fourth-order valence-corrected chi connectivity index (χ4v) is 2.75. The molecule has 0 radical (unpaired) electrons. The highest BCUT2D eigenvalue weighted by Crippen LogP contribution is 2.31. The van der Waals surface area contributed by atoms with Crippen molar-refractivity contribution in [2.75, 3.05) is 5.32 Å². The molecule has 0 aromatic heterocycles. The van der Waals surface area contributed by atoms with E-state index in [0.29, 0.717) is 11.3 Å². The van der Waals surface area contributed by atoms with Crippen LogP contribution in [-0.4, -0.2) is 0 Å². The minimum Gasteiger partial charge on any atom is -0.368 e. The highest BCUT2D eigenvalue weighted by atomic mass is 19.4. The highest BCUT2D eigenvalue weighted by molar-refractivity contribution is 5.81. The first kappa shape index (κ1) is 22.1. The van der Waals surface area contributed by atoms with Crippen LogP contribution in [0.2, 0.25) is 0 Å². The molecule has 0 heterocycles. The van der Waals surface area contributed by atoms with Crippen molar-refractivity contribution >= 4 is 17.0 Å². The van der Waals surface area contributed by atoms with Crippen LogP contribution < -0.4 is 10.6 Å². The van der Waals surface area contributed by atoms with Gasteiger partial charge in [-0.15, -0.1) is 0 Å². The summed E-state index contributed by atoms with van der Waals surface area (Å²) in [4.78, 5) is 0. The molecule has 0 amide bonds. The van der Waals surface area contributed by atoms with Crippen molar-refractivity contribution in [2.24, 2.45) is 0 Å². The molecule has 0 bridgehead atoms. The molecule has 0 saturated heterocycles. The molecule has 0 atom stereocenters. The molecule has 152 valence electrons. The largest absolute Gasteiger partial charge is 0.416 e. The van der Waals surface area contributed by atoms with Crippen molar-refractivity contribution in [3.63, 3.8) is 0 Å². The van der Waals surface area contributed by atoms with Gasteiger partial charge in [-0.05, 0) is 66.1 Å². The number of alkyl halides is 3. The lowest BCUT2D eigenvalue weighted by Crippen LogP contribution is -2.06. The summed E-state index contributed by atoms with van der Waals surface area (Å²) in [6, 6.07) is 10.9. The number of aryl methyl sites for hydroxylation is 1. The van der Waals surface area contributed by atoms with Crippen LogP contribution in [0, 0.1) is 6.92 Å². The van der Waals surface area contributed by atoms with Gasteiger partial charge in [-0.1, -0.05) is 50.4 Å². The Labute approximate surface area is 170 Å². The molecule has 2 N–H and O–H groups in total. The summed E-state index contributed by atoms with van der Waals surface area (Å²) in [7, 11) is 0. The van der Waals surface area contributed by atoms with E-state index in [0.717, 1.165) is 40.9 Å². The van der Waals surface area contributed by atoms with Crippen LogP contribution in [0.3, 0.4) is 0 Å². The van der Waals surface area contributed by atoms with Gasteiger partial charge in [0, 0.05) is 17.6 Å². The minimum atomic E-state index is -4.39. The molecule has 0 aliphatic carbocycles. The molecular formula is C24H25F3N2. The van der Waals surface area contributed by atoms with E-state index in [2.05, 4.69) is 36.8 Å². The van der Waals surface area contributed by atoms with Crippen LogP contribution in [0.1, 0.15) is 35.6 Å². The second kappa shape index (κ2) is 9.82. The topological polar surface area (TPSA) is 24.1 Å². The number of allylic oxidation sites excluding steroid dienone is 3. The summed E-state index contributed by atoms with van der Waals surface area (Å²) in [5.74, 6) is 0. The van der Waals surface area contributed by atoms with Crippen LogP contribution in [0.25, 0.3) is 11.3 Å². The van der Waals surface area contributed by atoms with Crippen LogP contribution in [0.5, 0.6) is 0 Å². The predicted molar refractivity (Wildman–Crippen MR) is 116 cm³/mol. The van der Waals surface area contributed by atoms with Gasteiger partial charge in [0.1, 0.15) is 0 Å². The summed E-state index contributed by atoms with van der Waals surface area (Å²) in [6.45, 7) is 11.6. The maximum absolute atomic E-state index is 13.0. The second-order valence-electron chi connectivity index (χ2n) is 6.49. The van der Waals surface area contributed by atoms with Crippen molar-refractivity contribution in [3.8, 4) is 0 Å². The van der Waals surface area contributed by atoms with Gasteiger partial charge in [-0.3, -0.25) is 0 Å². The van der Waals surface area contributed by atoms with E-state index in [1.807, 2.05) is 37.4 Å². The first-order valence-corrected chi connectivity index (χ1v) is 9.24. The molecule has 5 heteroatoms. The SMILES string of the molecule is C=CN/C=C(\C=C/CC)c1cc(NC(=C)c2cccc(C(F)(F)F)c2)ccc1C. The number of hydrogen-bond donors (Lipinski definition) is 2. The molecule has 0 aliphatic heterocycles. The molecule has 2 rings (SSSR count). The van der Waals surface area contributed by atoms with Gasteiger partial charge >= 0.3 is 6.18 Å². The van der Waals surface area contributed by atoms with Crippen LogP contribution in [0.4, 0.5) is 18.9 Å². The van der Waals surface area contributed by atoms with Gasteiger partial charge < -0.3 is 10.6 Å². The quantitative estimate of drug-likeness (QED) is 0.462. The average Bonchev–Trinajstić information content (AvgIpc) is 2.69. The summed E-state index contributed by atoms with van der Waals surface area (Å²) in [6.07, 6.45) is 4.02. The number of nitrogens with one attached hydrogen (secondary N) is 2. The van der Waals surface area contributed by atoms with E-state index in [-0.39, 0.29) is 0 Å². The summed E-state index contributed by atoms with van der Waals surface area (Å²) < 4.78 is 38.9. The number of hydrogen-bond acceptors (Lipinski definition) is 2. The molecule has 2 aromatic rings. The van der Waals surface area contributed by atoms with Gasteiger partial charge in [0.2, 0.25) is 0 Å². The summed E-state index contributed by atoms with van der Waals surface area (Å²) in [5, 5.41) is 6.11. The van der Waals surface area contributed by atoms with Crippen molar-refractivity contribution < 1.29 is 13.2 Å². The molecule has 0 saturated carbocycles. The monoisotopic (exact) mass is 398 g/mol. The first-order chi connectivity index (χ1) is 13.8. The highest BCUT2D eigenvalue weighted by Gasteiger charge is 2.30. The third-order valence-corrected chi connectivity index (χ3v) is 4.27. The van der Waals surface area contributed by atoms with Crippen molar-refractivity contribution in [3.05, 3.63) is 102 Å². The van der Waals surface area contributed by atoms with Crippen molar-refractivity contribution in [1.29, 1.82) is 0 Å². The summed E-state index contributed by atoms with van der Waals surface area (Å²) >= 11 is 0. The Hall–Kier alpha value is -3.21. The van der Waals surface area contributed by atoms with E-state index >= 15 is 0 Å². The number of anilines is 1. The average molecular weight is 398 g/mol. The number of rotatable bonds is 8. The Morgan fingerprint density at radius 3 is 2.55 bits per heavy atom. The van der Waals surface area contributed by atoms with Gasteiger partial charge in [0.25, 0.3) is 0 Å². The predicted octanol–water partition coefficient (Wildman–Crippen LogP) is 7.14. The van der Waals surface area contributed by atoms with Crippen LogP contribution in [-0.2, 0) is 6.18 Å². The smallest absolute Gasteiger partial charge is 0.368 e. The maximum Gasteiger partial charge on any atom is 0.416 e. The Morgan fingerprint density at radius 1 is 1.14 bits per heavy atom. The molecular weight excluding hydrogens is 373 g/mol. The number of halogens is 3. The Kier molecular flexibility index (Phi) is 7.48. The number of benzene rings is 2. The third kappa shape index (κ3) is 6.14. The van der Waals surface area contributed by atoms with Gasteiger partial charge in [0.05, 0.1) is 5.56 Å². The lowest BCUT2D eigenvalue weighted by molar-refractivity contribution is -0.137. The normalized spacial score (nSPS) is 12.1. The first-order valence-electron chi connectivity index (χ1n) is 9.24. The van der Waals surface area contributed by atoms with Crippen molar-refractivity contribution in [1.82, 2.24) is 5.32 Å². The zero-order chi connectivity index (χ0) is 21.4. The fourth-order valence-electron chi connectivity index (χ4n) is 2.75. The van der Waals surface area contributed by atoms with Gasteiger partial charge in [-0.2, -0.15) is 13.2 Å². The standard InChI is InChI=1S/C24H25F3N2/c1-5-7-9-20(16-28-6-2)23-15-22(13-12-17(23)3)29-18(4)19-10-8-11-21(14-19)24(25,26)27/h6-16,28-29H,2,4-5H2,1,3H3/b9-7-,20-16+.